The van der Waals surface area contributed by atoms with Crippen LogP contribution in [0.25, 0.3) is 11.5 Å². The van der Waals surface area contributed by atoms with E-state index in [1.165, 1.54) is 6.07 Å². The maximum absolute atomic E-state index is 13.5. The number of nitrogens with one attached hydrogen (secondary N) is 1. The lowest BCUT2D eigenvalue weighted by atomic mass is 10.1. The Morgan fingerprint density at radius 1 is 1.28 bits per heavy atom. The number of aromatic nitrogens is 6. The molecule has 1 saturated carbocycles. The van der Waals surface area contributed by atoms with Gasteiger partial charge in [0.25, 0.3) is 0 Å². The third-order valence-corrected chi connectivity index (χ3v) is 4.81. The van der Waals surface area contributed by atoms with Gasteiger partial charge in [0.2, 0.25) is 0 Å². The van der Waals surface area contributed by atoms with Gasteiger partial charge >= 0.3 is 0 Å². The molecule has 1 aliphatic rings. The minimum atomic E-state index is -0.901. The summed E-state index contributed by atoms with van der Waals surface area (Å²) in [5, 5.41) is 15.0. The second-order valence-electron chi connectivity index (χ2n) is 6.91. The van der Waals surface area contributed by atoms with E-state index in [0.29, 0.717) is 22.9 Å². The van der Waals surface area contributed by atoms with E-state index in [0.717, 1.165) is 18.6 Å². The molecule has 130 valence electrons. The molecule has 2 aromatic heterocycles. The molecule has 1 N–H and O–H groups in total. The van der Waals surface area contributed by atoms with Crippen LogP contribution in [-0.2, 0) is 6.54 Å². The lowest BCUT2D eigenvalue weighted by molar-refractivity contribution is 0.505. The van der Waals surface area contributed by atoms with Gasteiger partial charge in [0.05, 0.1) is 6.54 Å². The molecule has 3 aromatic rings. The first kappa shape index (κ1) is 16.1. The second-order valence-corrected chi connectivity index (χ2v) is 7.27. The monoisotopic (exact) mass is 364 g/mol. The Labute approximate surface area is 147 Å². The highest BCUT2D eigenvalue weighted by Gasteiger charge is 2.49. The highest BCUT2D eigenvalue weighted by atomic mass is 35.5. The van der Waals surface area contributed by atoms with Crippen LogP contribution in [-0.4, -0.2) is 30.2 Å². The summed E-state index contributed by atoms with van der Waals surface area (Å²) in [5.41, 5.74) is 1.09. The lowest BCUT2D eigenvalue weighted by Crippen LogP contribution is -2.06. The van der Waals surface area contributed by atoms with Crippen molar-refractivity contribution in [1.82, 2.24) is 30.2 Å². The van der Waals surface area contributed by atoms with E-state index in [-0.39, 0.29) is 23.0 Å². The van der Waals surface area contributed by atoms with Crippen LogP contribution in [0.2, 0.25) is 5.15 Å². The minimum absolute atomic E-state index is 0.152. The van der Waals surface area contributed by atoms with Crippen molar-refractivity contribution in [1.29, 1.82) is 0 Å². The Bertz CT molecular complexity index is 948. The molecule has 0 spiro atoms. The number of H-pyrrole nitrogens is 1. The number of hydrogen-bond acceptors (Lipinski definition) is 4. The van der Waals surface area contributed by atoms with Gasteiger partial charge in [-0.2, -0.15) is 15.4 Å². The molecule has 0 saturated heterocycles. The van der Waals surface area contributed by atoms with Crippen LogP contribution in [0.1, 0.15) is 37.6 Å². The lowest BCUT2D eigenvalue weighted by Gasteiger charge is -2.05. The van der Waals surface area contributed by atoms with Crippen LogP contribution >= 0.6 is 11.6 Å². The van der Waals surface area contributed by atoms with Gasteiger partial charge in [-0.15, -0.1) is 5.10 Å². The van der Waals surface area contributed by atoms with Gasteiger partial charge in [-0.3, -0.25) is 0 Å². The van der Waals surface area contributed by atoms with E-state index in [1.807, 2.05) is 0 Å². The summed E-state index contributed by atoms with van der Waals surface area (Å²) >= 11 is 6.06. The predicted octanol–water partition coefficient (Wildman–Crippen LogP) is 3.56. The molecule has 0 aliphatic heterocycles. The highest BCUT2D eigenvalue weighted by Crippen LogP contribution is 2.57. The van der Waals surface area contributed by atoms with Crippen LogP contribution in [0.4, 0.5) is 8.78 Å². The molecule has 1 aromatic carbocycles. The summed E-state index contributed by atoms with van der Waals surface area (Å²) in [7, 11) is 0. The Hall–Kier alpha value is -2.35. The Morgan fingerprint density at radius 2 is 2.04 bits per heavy atom. The molecule has 2 heterocycles. The number of halogens is 3. The average Bonchev–Trinajstić information content (AvgIpc) is 2.89. The first-order chi connectivity index (χ1) is 11.8. The fraction of sp³-hybridized carbons (Fsp3) is 0.375. The van der Waals surface area contributed by atoms with Crippen molar-refractivity contribution in [3.63, 3.8) is 0 Å². The first-order valence-corrected chi connectivity index (χ1v) is 8.18. The van der Waals surface area contributed by atoms with Crippen LogP contribution in [0.5, 0.6) is 0 Å². The number of rotatable bonds is 4. The molecule has 9 heteroatoms. The summed E-state index contributed by atoms with van der Waals surface area (Å²) in [4.78, 5) is 4.58. The molecule has 1 atom stereocenters. The topological polar surface area (TPSA) is 72.3 Å². The third-order valence-electron chi connectivity index (χ3n) is 4.55. The zero-order valence-corrected chi connectivity index (χ0v) is 14.3. The van der Waals surface area contributed by atoms with Gasteiger partial charge in [0, 0.05) is 5.92 Å². The summed E-state index contributed by atoms with van der Waals surface area (Å²) in [6, 6.07) is 3.75. The molecule has 1 fully saturated rings. The first-order valence-electron chi connectivity index (χ1n) is 7.80. The predicted molar refractivity (Wildman–Crippen MR) is 87.0 cm³/mol. The standard InChI is InChI=1S/C16H15ClF2N6/c1-16(2)6-9(16)14-20-15(12-13(17)22-24-21-12)25(23-14)7-8-3-4-10(18)11(19)5-8/h3-5,9H,6-7H2,1-2H3,(H,21,22,24). The Balaban J connectivity index is 1.74. The van der Waals surface area contributed by atoms with Crippen LogP contribution in [0.15, 0.2) is 18.2 Å². The molecule has 25 heavy (non-hydrogen) atoms. The molecule has 0 radical (unpaired) electrons. The summed E-state index contributed by atoms with van der Waals surface area (Å²) in [5.74, 6) is -0.393. The molecular weight excluding hydrogens is 350 g/mol. The maximum Gasteiger partial charge on any atom is 0.182 e. The van der Waals surface area contributed by atoms with Crippen molar-refractivity contribution in [2.75, 3.05) is 0 Å². The van der Waals surface area contributed by atoms with Crippen molar-refractivity contribution in [2.24, 2.45) is 5.41 Å². The molecule has 6 nitrogen and oxygen atoms in total. The highest BCUT2D eigenvalue weighted by molar-refractivity contribution is 6.31. The largest absolute Gasteiger partial charge is 0.240 e. The number of aromatic amines is 1. The molecule has 1 unspecified atom stereocenters. The smallest absolute Gasteiger partial charge is 0.182 e. The van der Waals surface area contributed by atoms with E-state index in [4.69, 9.17) is 11.6 Å². The SMILES string of the molecule is CC1(C)CC1c1nc(-c2n[nH]nc2Cl)n(Cc2ccc(F)c(F)c2)n1. The van der Waals surface area contributed by atoms with Crippen molar-refractivity contribution in [3.05, 3.63) is 46.4 Å². The van der Waals surface area contributed by atoms with Gasteiger partial charge in [-0.25, -0.2) is 18.4 Å². The normalized spacial score (nSPS) is 18.5. The third kappa shape index (κ3) is 2.90. The van der Waals surface area contributed by atoms with Crippen molar-refractivity contribution in [3.8, 4) is 11.5 Å². The zero-order chi connectivity index (χ0) is 17.8. The number of benzene rings is 1. The Kier molecular flexibility index (Phi) is 3.61. The maximum atomic E-state index is 13.5. The average molecular weight is 365 g/mol. The summed E-state index contributed by atoms with van der Waals surface area (Å²) < 4.78 is 28.2. The van der Waals surface area contributed by atoms with Crippen molar-refractivity contribution in [2.45, 2.75) is 32.7 Å². The molecule has 1 aliphatic carbocycles. The zero-order valence-electron chi connectivity index (χ0n) is 13.6. The quantitative estimate of drug-likeness (QED) is 0.768. The summed E-state index contributed by atoms with van der Waals surface area (Å²) in [6.45, 7) is 4.52. The van der Waals surface area contributed by atoms with E-state index < -0.39 is 11.6 Å². The van der Waals surface area contributed by atoms with Crippen LogP contribution in [0, 0.1) is 17.0 Å². The van der Waals surface area contributed by atoms with E-state index in [1.54, 1.807) is 4.68 Å². The van der Waals surface area contributed by atoms with Gasteiger partial charge in [-0.05, 0) is 29.5 Å². The van der Waals surface area contributed by atoms with Crippen LogP contribution < -0.4 is 0 Å². The van der Waals surface area contributed by atoms with Gasteiger partial charge < -0.3 is 0 Å². The van der Waals surface area contributed by atoms with Gasteiger partial charge in [-0.1, -0.05) is 31.5 Å². The van der Waals surface area contributed by atoms with Crippen molar-refractivity contribution < 1.29 is 8.78 Å². The minimum Gasteiger partial charge on any atom is -0.240 e. The van der Waals surface area contributed by atoms with E-state index in [9.17, 15) is 8.78 Å². The van der Waals surface area contributed by atoms with Gasteiger partial charge in [0.15, 0.2) is 34.1 Å². The van der Waals surface area contributed by atoms with Gasteiger partial charge in [0.1, 0.15) is 0 Å². The van der Waals surface area contributed by atoms with Crippen molar-refractivity contribution >= 4 is 11.6 Å². The number of nitrogens with zero attached hydrogens (tertiary/aromatic N) is 5. The van der Waals surface area contributed by atoms with E-state index >= 15 is 0 Å². The van der Waals surface area contributed by atoms with E-state index in [2.05, 4.69) is 39.3 Å². The fourth-order valence-corrected chi connectivity index (χ4v) is 3.04. The molecular formula is C16H15ClF2N6. The molecule has 4 rings (SSSR count). The number of hydrogen-bond donors (Lipinski definition) is 1. The Morgan fingerprint density at radius 3 is 2.64 bits per heavy atom. The second kappa shape index (κ2) is 5.59. The fourth-order valence-electron chi connectivity index (χ4n) is 2.87. The molecule has 0 bridgehead atoms. The summed E-state index contributed by atoms with van der Waals surface area (Å²) in [6.07, 6.45) is 0.994. The molecule has 0 amide bonds. The van der Waals surface area contributed by atoms with Crippen LogP contribution in [0.3, 0.4) is 0 Å².